The van der Waals surface area contributed by atoms with Gasteiger partial charge in [-0.05, 0) is 117 Å². The van der Waals surface area contributed by atoms with Crippen molar-refractivity contribution >= 4 is 6.47 Å². The summed E-state index contributed by atoms with van der Waals surface area (Å²) in [6.45, 7) is 5.53. The van der Waals surface area contributed by atoms with E-state index in [1.807, 2.05) is 0 Å². The van der Waals surface area contributed by atoms with E-state index in [4.69, 9.17) is 4.74 Å². The van der Waals surface area contributed by atoms with Crippen molar-refractivity contribution in [2.24, 2.45) is 46.3 Å². The number of carbonyl (C=O) groups excluding carboxylic acids is 1. The molecule has 0 saturated heterocycles. The summed E-state index contributed by atoms with van der Waals surface area (Å²) in [6, 6.07) is 0. The highest BCUT2D eigenvalue weighted by atomic mass is 16.5. The van der Waals surface area contributed by atoms with Crippen LogP contribution in [0.3, 0.4) is 0 Å². The van der Waals surface area contributed by atoms with Gasteiger partial charge in [-0.3, -0.25) is 4.79 Å². The lowest BCUT2D eigenvalue weighted by atomic mass is 9.47. The Labute approximate surface area is 255 Å². The number of rotatable bonds is 12. The standard InChI is InChI=1S/C39H68O2/c1-3-11-31-15-19-34(20-16-31)38(27-23-36(24-28-38)41-30-40)29-37(33-13-7-5-8-14-33)39(25-9-6-10-26-39)35-21-17-32(12-4-2)18-22-35/h30-37H,3-29H2,1-2H3/t31-,32-,34-,35-,36?,37?,38?. The first-order chi connectivity index (χ1) is 20.1. The van der Waals surface area contributed by atoms with Gasteiger partial charge in [0.1, 0.15) is 6.10 Å². The second-order valence-electron chi connectivity index (χ2n) is 16.3. The minimum Gasteiger partial charge on any atom is -0.465 e. The lowest BCUT2D eigenvalue weighted by molar-refractivity contribution is -0.138. The molecule has 5 aliphatic rings. The fraction of sp³-hybridized carbons (Fsp3) is 0.974. The zero-order valence-corrected chi connectivity index (χ0v) is 27.5. The Kier molecular flexibility index (Phi) is 12.0. The second kappa shape index (κ2) is 15.5. The van der Waals surface area contributed by atoms with Crippen LogP contribution in [0, 0.1) is 46.3 Å². The van der Waals surface area contributed by atoms with E-state index >= 15 is 0 Å². The van der Waals surface area contributed by atoms with E-state index < -0.39 is 0 Å². The van der Waals surface area contributed by atoms with Gasteiger partial charge in [0.2, 0.25) is 0 Å². The maximum atomic E-state index is 11.3. The molecular weight excluding hydrogens is 500 g/mol. The van der Waals surface area contributed by atoms with E-state index in [2.05, 4.69) is 13.8 Å². The number of carbonyl (C=O) groups is 1. The van der Waals surface area contributed by atoms with E-state index in [9.17, 15) is 4.79 Å². The summed E-state index contributed by atoms with van der Waals surface area (Å²) in [6.07, 6.45) is 39.4. The monoisotopic (exact) mass is 569 g/mol. The summed E-state index contributed by atoms with van der Waals surface area (Å²) >= 11 is 0. The van der Waals surface area contributed by atoms with Crippen LogP contribution < -0.4 is 0 Å². The number of ether oxygens (including phenoxy) is 1. The zero-order valence-electron chi connectivity index (χ0n) is 27.5. The molecule has 41 heavy (non-hydrogen) atoms. The lowest BCUT2D eigenvalue weighted by Crippen LogP contribution is -2.49. The molecule has 236 valence electrons. The average Bonchev–Trinajstić information content (AvgIpc) is 3.03. The van der Waals surface area contributed by atoms with Crippen molar-refractivity contribution in [3.8, 4) is 0 Å². The van der Waals surface area contributed by atoms with E-state index in [1.165, 1.54) is 148 Å². The van der Waals surface area contributed by atoms with Gasteiger partial charge >= 0.3 is 0 Å². The average molecular weight is 569 g/mol. The SMILES string of the molecule is CCC[C@H]1CC[C@H](C2(CC(C3CCCCC3)C3([C@H]4CC[C@H](CCC)CC4)CCCCC3)CCC(OC=O)CC2)CC1. The quantitative estimate of drug-likeness (QED) is 0.219. The van der Waals surface area contributed by atoms with Crippen LogP contribution >= 0.6 is 0 Å². The van der Waals surface area contributed by atoms with Gasteiger partial charge in [-0.1, -0.05) is 117 Å². The molecule has 5 rings (SSSR count). The van der Waals surface area contributed by atoms with Gasteiger partial charge in [0.15, 0.2) is 0 Å². The van der Waals surface area contributed by atoms with Gasteiger partial charge in [-0.15, -0.1) is 0 Å². The first-order valence-corrected chi connectivity index (χ1v) is 19.2. The highest BCUT2D eigenvalue weighted by Crippen LogP contribution is 2.63. The molecule has 0 radical (unpaired) electrons. The molecule has 0 heterocycles. The van der Waals surface area contributed by atoms with Crippen LogP contribution in [-0.2, 0) is 9.53 Å². The van der Waals surface area contributed by atoms with Crippen LogP contribution in [0.4, 0.5) is 0 Å². The molecule has 0 aromatic heterocycles. The Bertz CT molecular complexity index is 738. The Hall–Kier alpha value is -0.530. The fourth-order valence-electron chi connectivity index (χ4n) is 12.2. The molecule has 5 saturated carbocycles. The molecule has 0 amide bonds. The molecule has 0 aliphatic heterocycles. The van der Waals surface area contributed by atoms with Gasteiger partial charge in [0, 0.05) is 0 Å². The normalized spacial score (nSPS) is 37.8. The van der Waals surface area contributed by atoms with E-state index in [-0.39, 0.29) is 6.10 Å². The highest BCUT2D eigenvalue weighted by molar-refractivity contribution is 5.37. The van der Waals surface area contributed by atoms with Crippen molar-refractivity contribution in [2.45, 2.75) is 193 Å². The Morgan fingerprint density at radius 3 is 1.71 bits per heavy atom. The van der Waals surface area contributed by atoms with Crippen LogP contribution in [0.5, 0.6) is 0 Å². The van der Waals surface area contributed by atoms with E-state index in [0.29, 0.717) is 10.8 Å². The third-order valence-corrected chi connectivity index (χ3v) is 14.3. The van der Waals surface area contributed by atoms with Crippen molar-refractivity contribution in [3.63, 3.8) is 0 Å². The maximum Gasteiger partial charge on any atom is 0.293 e. The van der Waals surface area contributed by atoms with Crippen molar-refractivity contribution in [2.75, 3.05) is 0 Å². The molecule has 1 unspecified atom stereocenters. The smallest absolute Gasteiger partial charge is 0.293 e. The van der Waals surface area contributed by atoms with Gasteiger partial charge < -0.3 is 4.74 Å². The maximum absolute atomic E-state index is 11.3. The lowest BCUT2D eigenvalue weighted by Gasteiger charge is -2.58. The molecule has 0 bridgehead atoms. The van der Waals surface area contributed by atoms with Crippen molar-refractivity contribution in [3.05, 3.63) is 0 Å². The predicted octanol–water partition coefficient (Wildman–Crippen LogP) is 11.8. The third kappa shape index (κ3) is 7.59. The summed E-state index contributed by atoms with van der Waals surface area (Å²) < 4.78 is 5.61. The number of hydrogen-bond acceptors (Lipinski definition) is 2. The molecule has 5 aliphatic carbocycles. The predicted molar refractivity (Wildman–Crippen MR) is 173 cm³/mol. The van der Waals surface area contributed by atoms with E-state index in [1.54, 1.807) is 12.8 Å². The molecule has 2 nitrogen and oxygen atoms in total. The van der Waals surface area contributed by atoms with Crippen LogP contribution in [-0.4, -0.2) is 12.6 Å². The first kappa shape index (κ1) is 31.9. The Morgan fingerprint density at radius 1 is 0.634 bits per heavy atom. The summed E-state index contributed by atoms with van der Waals surface area (Å²) in [4.78, 5) is 11.3. The molecule has 0 N–H and O–H groups in total. The number of hydrogen-bond donors (Lipinski definition) is 0. The molecule has 2 heteroatoms. The molecule has 0 aromatic carbocycles. The van der Waals surface area contributed by atoms with Crippen molar-refractivity contribution < 1.29 is 9.53 Å². The van der Waals surface area contributed by atoms with Crippen molar-refractivity contribution in [1.82, 2.24) is 0 Å². The van der Waals surface area contributed by atoms with Crippen LogP contribution in [0.1, 0.15) is 187 Å². The Balaban J connectivity index is 1.43. The van der Waals surface area contributed by atoms with Crippen LogP contribution in [0.25, 0.3) is 0 Å². The van der Waals surface area contributed by atoms with Crippen LogP contribution in [0.2, 0.25) is 0 Å². The van der Waals surface area contributed by atoms with Gasteiger partial charge in [-0.2, -0.15) is 0 Å². The zero-order chi connectivity index (χ0) is 28.5. The minimum atomic E-state index is 0.183. The molecule has 0 spiro atoms. The van der Waals surface area contributed by atoms with Gasteiger partial charge in [0.05, 0.1) is 0 Å². The highest BCUT2D eigenvalue weighted by Gasteiger charge is 2.53. The fourth-order valence-corrected chi connectivity index (χ4v) is 12.2. The third-order valence-electron chi connectivity index (χ3n) is 14.3. The summed E-state index contributed by atoms with van der Waals surface area (Å²) in [5, 5.41) is 0. The Morgan fingerprint density at radius 2 is 1.17 bits per heavy atom. The summed E-state index contributed by atoms with van der Waals surface area (Å²) in [7, 11) is 0. The molecule has 5 fully saturated rings. The largest absolute Gasteiger partial charge is 0.465 e. The molecular formula is C39H68O2. The summed E-state index contributed by atoms with van der Waals surface area (Å²) in [5.74, 6) is 5.85. The van der Waals surface area contributed by atoms with Gasteiger partial charge in [-0.25, -0.2) is 0 Å². The van der Waals surface area contributed by atoms with E-state index in [0.717, 1.165) is 54.8 Å². The van der Waals surface area contributed by atoms with Crippen LogP contribution in [0.15, 0.2) is 0 Å². The van der Waals surface area contributed by atoms with Crippen molar-refractivity contribution in [1.29, 1.82) is 0 Å². The second-order valence-corrected chi connectivity index (χ2v) is 16.3. The molecule has 0 aromatic rings. The summed E-state index contributed by atoms with van der Waals surface area (Å²) in [5.41, 5.74) is 1.13. The van der Waals surface area contributed by atoms with Gasteiger partial charge in [0.25, 0.3) is 6.47 Å². The first-order valence-electron chi connectivity index (χ1n) is 19.2. The minimum absolute atomic E-state index is 0.183. The molecule has 1 atom stereocenters. The topological polar surface area (TPSA) is 26.3 Å².